The van der Waals surface area contributed by atoms with Crippen molar-refractivity contribution in [2.45, 2.75) is 136 Å². The van der Waals surface area contributed by atoms with E-state index < -0.39 is 10.4 Å². The van der Waals surface area contributed by atoms with Crippen molar-refractivity contribution in [2.75, 3.05) is 6.61 Å². The summed E-state index contributed by atoms with van der Waals surface area (Å²) in [5.74, 6) is 0.0208. The van der Waals surface area contributed by atoms with Gasteiger partial charge in [-0.25, -0.2) is 8.42 Å². The third-order valence-electron chi connectivity index (χ3n) is 5.74. The molecule has 4 nitrogen and oxygen atoms in total. The molecule has 0 aliphatic heterocycles. The summed E-state index contributed by atoms with van der Waals surface area (Å²) in [5.41, 5.74) is 0. The predicted molar refractivity (Wildman–Crippen MR) is 127 cm³/mol. The summed E-state index contributed by atoms with van der Waals surface area (Å²) in [6, 6.07) is 0. The molecular formula is C25H49KO4S. The van der Waals surface area contributed by atoms with Crippen LogP contribution in [0.4, 0.5) is 0 Å². The number of hydrogen-bond acceptors (Lipinski definition) is 4. The fourth-order valence-electron chi connectivity index (χ4n) is 3.81. The first-order valence-electron chi connectivity index (χ1n) is 12.8. The van der Waals surface area contributed by atoms with Gasteiger partial charge >= 0.3 is 51.4 Å². The van der Waals surface area contributed by atoms with E-state index in [1.165, 1.54) is 103 Å². The Morgan fingerprint density at radius 3 is 1.58 bits per heavy atom. The summed E-state index contributed by atoms with van der Waals surface area (Å²) < 4.78 is 36.9. The van der Waals surface area contributed by atoms with Crippen molar-refractivity contribution in [3.8, 4) is 0 Å². The molecule has 0 bridgehead atoms. The van der Waals surface area contributed by atoms with Gasteiger partial charge in [0.25, 0.3) is 0 Å². The van der Waals surface area contributed by atoms with Crippen LogP contribution < -0.4 is 51.4 Å². The van der Waals surface area contributed by atoms with E-state index in [1.54, 1.807) is 0 Å². The molecule has 0 heterocycles. The van der Waals surface area contributed by atoms with Crippen molar-refractivity contribution in [3.63, 3.8) is 0 Å². The van der Waals surface area contributed by atoms with E-state index in [-0.39, 0.29) is 63.9 Å². The van der Waals surface area contributed by atoms with Crippen LogP contribution in [0.5, 0.6) is 0 Å². The average molecular weight is 485 g/mol. The van der Waals surface area contributed by atoms with Crippen LogP contribution >= 0.6 is 0 Å². The van der Waals surface area contributed by atoms with Gasteiger partial charge in [-0.1, -0.05) is 129 Å². The molecule has 0 fully saturated rings. The molecule has 0 aromatic rings. The average Bonchev–Trinajstić information content (AvgIpc) is 2.70. The summed E-state index contributed by atoms with van der Waals surface area (Å²) in [6.45, 7) is 4.45. The van der Waals surface area contributed by atoms with Gasteiger partial charge in [0, 0.05) is 5.92 Å². The van der Waals surface area contributed by atoms with Crippen molar-refractivity contribution in [2.24, 2.45) is 5.92 Å². The molecule has 31 heavy (non-hydrogen) atoms. The van der Waals surface area contributed by atoms with Crippen molar-refractivity contribution < 1.29 is 68.5 Å². The molecule has 1 atom stereocenters. The smallest absolute Gasteiger partial charge is 0.726 e. The molecule has 6 heteroatoms. The fraction of sp³-hybridized carbons (Fsp3) is 0.920. The van der Waals surface area contributed by atoms with Crippen LogP contribution in [0.15, 0.2) is 12.2 Å². The van der Waals surface area contributed by atoms with E-state index in [0.717, 1.165) is 19.3 Å². The van der Waals surface area contributed by atoms with Gasteiger partial charge < -0.3 is 4.55 Å². The Balaban J connectivity index is 0. The second-order valence-corrected chi connectivity index (χ2v) is 9.81. The maximum atomic E-state index is 10.8. The third kappa shape index (κ3) is 29.2. The van der Waals surface area contributed by atoms with Crippen molar-refractivity contribution >= 4 is 10.4 Å². The number of allylic oxidation sites excluding steroid dienone is 1. The van der Waals surface area contributed by atoms with Crippen LogP contribution in [0.1, 0.15) is 136 Å². The topological polar surface area (TPSA) is 66.4 Å². The predicted octanol–water partition coefficient (Wildman–Crippen LogP) is 5.09. The molecule has 1 unspecified atom stereocenters. The maximum absolute atomic E-state index is 10.8. The van der Waals surface area contributed by atoms with Crippen LogP contribution in [0.2, 0.25) is 0 Å². The summed E-state index contributed by atoms with van der Waals surface area (Å²) in [4.78, 5) is 0. The number of unbranched alkanes of at least 4 members (excludes halogenated alkanes) is 16. The summed E-state index contributed by atoms with van der Waals surface area (Å²) in [5, 5.41) is 0. The zero-order valence-electron chi connectivity index (χ0n) is 20.9. The first-order chi connectivity index (χ1) is 14.5. The Hall–Kier alpha value is 1.25. The van der Waals surface area contributed by atoms with Crippen molar-refractivity contribution in [1.29, 1.82) is 0 Å². The Kier molecular flexibility index (Phi) is 28.7. The van der Waals surface area contributed by atoms with E-state index >= 15 is 0 Å². The largest absolute Gasteiger partial charge is 1.00 e. The summed E-state index contributed by atoms with van der Waals surface area (Å²) in [7, 11) is -4.60. The number of rotatable bonds is 23. The zero-order valence-corrected chi connectivity index (χ0v) is 24.9. The second-order valence-electron chi connectivity index (χ2n) is 8.76. The summed E-state index contributed by atoms with van der Waals surface area (Å²) >= 11 is 0. The minimum atomic E-state index is -4.60. The van der Waals surface area contributed by atoms with Gasteiger partial charge in [-0.3, -0.25) is 4.18 Å². The normalized spacial score (nSPS) is 12.9. The molecule has 0 radical (unpaired) electrons. The Labute approximate surface area is 237 Å². The minimum absolute atomic E-state index is 0. The van der Waals surface area contributed by atoms with E-state index in [4.69, 9.17) is 0 Å². The first-order valence-corrected chi connectivity index (χ1v) is 14.1. The monoisotopic (exact) mass is 484 g/mol. The first kappa shape index (κ1) is 34.4. The van der Waals surface area contributed by atoms with Crippen LogP contribution in [-0.4, -0.2) is 19.6 Å². The molecule has 0 rings (SSSR count). The van der Waals surface area contributed by atoms with E-state index in [0.29, 0.717) is 0 Å². The number of hydrogen-bond donors (Lipinski definition) is 0. The van der Waals surface area contributed by atoms with Crippen molar-refractivity contribution in [3.05, 3.63) is 12.2 Å². The van der Waals surface area contributed by atoms with Crippen LogP contribution in [0.3, 0.4) is 0 Å². The van der Waals surface area contributed by atoms with Gasteiger partial charge in [-0.05, 0) is 19.3 Å². The molecule has 0 N–H and O–H groups in total. The molecule has 0 saturated heterocycles. The van der Waals surface area contributed by atoms with Gasteiger partial charge in [0.1, 0.15) is 0 Å². The molecule has 0 saturated carbocycles. The van der Waals surface area contributed by atoms with Gasteiger partial charge in [0.2, 0.25) is 10.4 Å². The van der Waals surface area contributed by atoms with Gasteiger partial charge in [-0.15, -0.1) is 0 Å². The van der Waals surface area contributed by atoms with Gasteiger partial charge in [0.15, 0.2) is 0 Å². The molecule has 0 aliphatic rings. The molecule has 0 spiro atoms. The standard InChI is InChI=1S/C25H50O4S.K/c1-3-5-7-9-11-12-13-14-15-17-19-21-23-25(24-29-30(26,27)28)22-20-18-16-10-8-6-4-2;/h20,22,25H,3-19,21,23-24H2,1-2H3,(H,26,27,28);/q;+1/p-1/b22-20+;. The van der Waals surface area contributed by atoms with E-state index in [2.05, 4.69) is 30.2 Å². The molecule has 0 aromatic heterocycles. The molecule has 180 valence electrons. The van der Waals surface area contributed by atoms with E-state index in [1.807, 2.05) is 0 Å². The molecular weight excluding hydrogens is 435 g/mol. The quantitative estimate of drug-likeness (QED) is 0.0666. The maximum Gasteiger partial charge on any atom is 1.00 e. The van der Waals surface area contributed by atoms with E-state index in [9.17, 15) is 13.0 Å². The Morgan fingerprint density at radius 1 is 0.710 bits per heavy atom. The Morgan fingerprint density at radius 2 is 1.13 bits per heavy atom. The minimum Gasteiger partial charge on any atom is -0.726 e. The third-order valence-corrected chi connectivity index (χ3v) is 6.16. The summed E-state index contributed by atoms with van der Waals surface area (Å²) in [6.07, 6.45) is 28.0. The van der Waals surface area contributed by atoms with Crippen molar-refractivity contribution in [1.82, 2.24) is 0 Å². The molecule has 0 aromatic carbocycles. The SMILES string of the molecule is CCCCCCC/C=C/C(CCCCCCCCCCCCCC)COS(=O)(=O)[O-].[K+]. The van der Waals surface area contributed by atoms with Crippen LogP contribution in [-0.2, 0) is 14.6 Å². The fourth-order valence-corrected chi connectivity index (χ4v) is 4.15. The van der Waals surface area contributed by atoms with Gasteiger partial charge in [0.05, 0.1) is 6.61 Å². The van der Waals surface area contributed by atoms with Crippen LogP contribution in [0, 0.1) is 5.92 Å². The Bertz CT molecular complexity index is 480. The molecule has 0 amide bonds. The van der Waals surface area contributed by atoms with Crippen LogP contribution in [0.25, 0.3) is 0 Å². The second kappa shape index (κ2) is 25.9. The van der Waals surface area contributed by atoms with Gasteiger partial charge in [-0.2, -0.15) is 0 Å². The zero-order chi connectivity index (χ0) is 22.3. The molecule has 0 aliphatic carbocycles.